The number of likely N-dealkylation sites (N-methyl/N-ethyl adjacent to an activating group) is 1. The summed E-state index contributed by atoms with van der Waals surface area (Å²) in [4.78, 5) is 41.3. The van der Waals surface area contributed by atoms with Crippen LogP contribution in [0.5, 0.6) is 0 Å². The first kappa shape index (κ1) is 24.1. The van der Waals surface area contributed by atoms with Gasteiger partial charge in [0.25, 0.3) is 5.91 Å². The standard InChI is InChI=1S/C24H35N7O3/c1-13(25-5)21(32)27-20(24(2,3)4)23(34)31-11-10-14-6-9-17(19(14)31)26-22(33)15-7-8-16-18(12-15)29-30-28-16/h7-8,12-14,17,19-20,25H,6,9-11H2,1-5H3,(H,26,33)(H,27,32)(H,28,29,30)/t13-,14+,17-,19-,20+/m0/s1. The van der Waals surface area contributed by atoms with Gasteiger partial charge in [0.1, 0.15) is 17.1 Å². The molecule has 1 aliphatic heterocycles. The molecule has 0 radical (unpaired) electrons. The van der Waals surface area contributed by atoms with Gasteiger partial charge < -0.3 is 20.9 Å². The summed E-state index contributed by atoms with van der Waals surface area (Å²) in [5.41, 5.74) is 1.39. The van der Waals surface area contributed by atoms with Gasteiger partial charge in [-0.3, -0.25) is 14.4 Å². The molecule has 2 heterocycles. The number of aromatic amines is 1. The Hall–Kier alpha value is -3.01. The van der Waals surface area contributed by atoms with Gasteiger partial charge >= 0.3 is 0 Å². The number of H-pyrrole nitrogens is 1. The number of amides is 3. The Kier molecular flexibility index (Phi) is 6.62. The van der Waals surface area contributed by atoms with Crippen molar-refractivity contribution in [3.05, 3.63) is 23.8 Å². The smallest absolute Gasteiger partial charge is 0.251 e. The summed E-state index contributed by atoms with van der Waals surface area (Å²) in [6.45, 7) is 8.28. The van der Waals surface area contributed by atoms with Crippen molar-refractivity contribution in [2.24, 2.45) is 11.3 Å². The van der Waals surface area contributed by atoms with Crippen molar-refractivity contribution in [1.29, 1.82) is 0 Å². The molecule has 1 aromatic carbocycles. The molecule has 0 unspecified atom stereocenters. The van der Waals surface area contributed by atoms with Gasteiger partial charge in [-0.05, 0) is 62.8 Å². The van der Waals surface area contributed by atoms with Crippen LogP contribution in [0.25, 0.3) is 11.0 Å². The second-order valence-electron chi connectivity index (χ2n) is 10.6. The van der Waals surface area contributed by atoms with E-state index in [2.05, 4.69) is 31.4 Å². The summed E-state index contributed by atoms with van der Waals surface area (Å²) in [6.07, 6.45) is 2.69. The molecule has 1 aliphatic carbocycles. The van der Waals surface area contributed by atoms with Crippen molar-refractivity contribution in [3.8, 4) is 0 Å². The van der Waals surface area contributed by atoms with Gasteiger partial charge in [-0.2, -0.15) is 15.4 Å². The van der Waals surface area contributed by atoms with Crippen molar-refractivity contribution < 1.29 is 14.4 Å². The Morgan fingerprint density at radius 3 is 2.56 bits per heavy atom. The van der Waals surface area contributed by atoms with Gasteiger partial charge in [0, 0.05) is 18.2 Å². The second-order valence-corrected chi connectivity index (χ2v) is 10.6. The number of carbonyl (C=O) groups is 3. The highest BCUT2D eigenvalue weighted by atomic mass is 16.2. The highest BCUT2D eigenvalue weighted by molar-refractivity contribution is 5.97. The first-order valence-corrected chi connectivity index (χ1v) is 12.0. The van der Waals surface area contributed by atoms with Crippen molar-refractivity contribution in [2.45, 2.75) is 71.1 Å². The molecule has 2 fully saturated rings. The topological polar surface area (TPSA) is 132 Å². The maximum Gasteiger partial charge on any atom is 0.251 e. The molecule has 4 rings (SSSR count). The number of fused-ring (bicyclic) bond motifs is 2. The summed E-state index contributed by atoms with van der Waals surface area (Å²) >= 11 is 0. The zero-order valence-electron chi connectivity index (χ0n) is 20.5. The lowest BCUT2D eigenvalue weighted by Crippen LogP contribution is -2.60. The van der Waals surface area contributed by atoms with Gasteiger partial charge in [-0.25, -0.2) is 0 Å². The molecule has 0 bridgehead atoms. The van der Waals surface area contributed by atoms with Crippen LogP contribution in [0.2, 0.25) is 0 Å². The van der Waals surface area contributed by atoms with Gasteiger partial charge in [-0.1, -0.05) is 20.8 Å². The fourth-order valence-electron chi connectivity index (χ4n) is 5.17. The predicted octanol–water partition coefficient (Wildman–Crippen LogP) is 1.21. The second kappa shape index (κ2) is 9.32. The average molecular weight is 470 g/mol. The molecule has 4 N–H and O–H groups in total. The van der Waals surface area contributed by atoms with E-state index < -0.39 is 17.5 Å². The Balaban J connectivity index is 1.50. The zero-order chi connectivity index (χ0) is 24.6. The molecule has 1 saturated carbocycles. The number of hydrogen-bond donors (Lipinski definition) is 4. The van der Waals surface area contributed by atoms with Gasteiger partial charge in [0.15, 0.2) is 0 Å². The summed E-state index contributed by atoms with van der Waals surface area (Å²) in [5, 5.41) is 19.7. The fourth-order valence-corrected chi connectivity index (χ4v) is 5.17. The summed E-state index contributed by atoms with van der Waals surface area (Å²) in [7, 11) is 1.72. The van der Waals surface area contributed by atoms with E-state index in [1.54, 1.807) is 32.2 Å². The molecule has 184 valence electrons. The van der Waals surface area contributed by atoms with Crippen LogP contribution >= 0.6 is 0 Å². The number of carbonyl (C=O) groups excluding carboxylic acids is 3. The number of likely N-dealkylation sites (tertiary alicyclic amines) is 1. The minimum Gasteiger partial charge on any atom is -0.347 e. The molecule has 3 amide bonds. The average Bonchev–Trinajstić information content (AvgIpc) is 3.52. The minimum absolute atomic E-state index is 0.0734. The quantitative estimate of drug-likeness (QED) is 0.503. The maximum absolute atomic E-state index is 13.8. The molecule has 2 aromatic rings. The SMILES string of the molecule is CN[C@@H](C)C(=O)N[C@H](C(=O)N1CC[C@H]2CC[C@H](NC(=O)c3ccc4n[nH]nc4c3)[C@H]21)C(C)(C)C. The molecule has 2 aliphatic rings. The van der Waals surface area contributed by atoms with Crippen LogP contribution in [0.15, 0.2) is 18.2 Å². The van der Waals surface area contributed by atoms with Gasteiger partial charge in [0.05, 0.1) is 12.1 Å². The van der Waals surface area contributed by atoms with Crippen LogP contribution in [0.1, 0.15) is 57.3 Å². The Labute approximate surface area is 199 Å². The number of nitrogens with one attached hydrogen (secondary N) is 4. The molecule has 1 saturated heterocycles. The number of hydrogen-bond acceptors (Lipinski definition) is 6. The third-order valence-corrected chi connectivity index (χ3v) is 7.25. The number of aromatic nitrogens is 3. The molecule has 10 nitrogen and oxygen atoms in total. The van der Waals surface area contributed by atoms with Crippen LogP contribution in [-0.4, -0.2) is 75.8 Å². The van der Waals surface area contributed by atoms with Gasteiger partial charge in [-0.15, -0.1) is 0 Å². The van der Waals surface area contributed by atoms with E-state index in [0.29, 0.717) is 29.1 Å². The Morgan fingerprint density at radius 2 is 1.85 bits per heavy atom. The van der Waals surface area contributed by atoms with E-state index >= 15 is 0 Å². The zero-order valence-corrected chi connectivity index (χ0v) is 20.5. The summed E-state index contributed by atoms with van der Waals surface area (Å²) < 4.78 is 0. The first-order chi connectivity index (χ1) is 16.1. The van der Waals surface area contributed by atoms with Crippen molar-refractivity contribution in [3.63, 3.8) is 0 Å². The number of rotatable bonds is 6. The molecular weight excluding hydrogens is 434 g/mol. The molecule has 1 aromatic heterocycles. The van der Waals surface area contributed by atoms with Crippen LogP contribution < -0.4 is 16.0 Å². The Morgan fingerprint density at radius 1 is 1.12 bits per heavy atom. The summed E-state index contributed by atoms with van der Waals surface area (Å²) in [6, 6.07) is 3.95. The first-order valence-electron chi connectivity index (χ1n) is 12.0. The molecule has 34 heavy (non-hydrogen) atoms. The third kappa shape index (κ3) is 4.64. The van der Waals surface area contributed by atoms with Crippen molar-refractivity contribution in [1.82, 2.24) is 36.3 Å². The lowest BCUT2D eigenvalue weighted by atomic mass is 9.85. The third-order valence-electron chi connectivity index (χ3n) is 7.25. The van der Waals surface area contributed by atoms with Crippen molar-refractivity contribution >= 4 is 28.8 Å². The van der Waals surface area contributed by atoms with E-state index in [0.717, 1.165) is 19.3 Å². The highest BCUT2D eigenvalue weighted by Crippen LogP contribution is 2.39. The predicted molar refractivity (Wildman–Crippen MR) is 128 cm³/mol. The lowest BCUT2D eigenvalue weighted by molar-refractivity contribution is -0.141. The largest absolute Gasteiger partial charge is 0.347 e. The van der Waals surface area contributed by atoms with Crippen molar-refractivity contribution in [2.75, 3.05) is 13.6 Å². The van der Waals surface area contributed by atoms with E-state index in [4.69, 9.17) is 0 Å². The van der Waals surface area contributed by atoms with Crippen LogP contribution in [-0.2, 0) is 9.59 Å². The molecule has 5 atom stereocenters. The minimum atomic E-state index is -0.652. The van der Waals surface area contributed by atoms with E-state index in [-0.39, 0.29) is 29.8 Å². The number of nitrogens with zero attached hydrogens (tertiary/aromatic N) is 3. The van der Waals surface area contributed by atoms with E-state index in [1.807, 2.05) is 25.7 Å². The Bertz CT molecular complexity index is 1080. The monoisotopic (exact) mass is 469 g/mol. The summed E-state index contributed by atoms with van der Waals surface area (Å²) in [5.74, 6) is -0.119. The fraction of sp³-hybridized carbons (Fsp3) is 0.625. The van der Waals surface area contributed by atoms with Crippen LogP contribution in [0, 0.1) is 11.3 Å². The van der Waals surface area contributed by atoms with Gasteiger partial charge in [0.2, 0.25) is 11.8 Å². The number of benzene rings is 1. The van der Waals surface area contributed by atoms with E-state index in [9.17, 15) is 14.4 Å². The molecular formula is C24H35N7O3. The van der Waals surface area contributed by atoms with E-state index in [1.165, 1.54) is 0 Å². The molecule has 0 spiro atoms. The highest BCUT2D eigenvalue weighted by Gasteiger charge is 2.49. The molecule has 10 heteroatoms. The van der Waals surface area contributed by atoms with Crippen LogP contribution in [0.4, 0.5) is 0 Å². The normalized spacial score (nSPS) is 24.0. The van der Waals surface area contributed by atoms with Crippen LogP contribution in [0.3, 0.4) is 0 Å². The maximum atomic E-state index is 13.8. The lowest BCUT2D eigenvalue weighted by Gasteiger charge is -2.37.